The maximum atomic E-state index is 13.8. The Balaban J connectivity index is 1.54. The average Bonchev–Trinajstić information content (AvgIpc) is 3.35. The van der Waals surface area contributed by atoms with Gasteiger partial charge >= 0.3 is 0 Å². The molecule has 7 nitrogen and oxygen atoms in total. The van der Waals surface area contributed by atoms with Gasteiger partial charge in [0.1, 0.15) is 23.8 Å². The van der Waals surface area contributed by atoms with Crippen LogP contribution in [0.2, 0.25) is 0 Å². The van der Waals surface area contributed by atoms with E-state index < -0.39 is 18.3 Å². The molecule has 1 fully saturated rings. The predicted molar refractivity (Wildman–Crippen MR) is 146 cm³/mol. The van der Waals surface area contributed by atoms with Gasteiger partial charge in [0.25, 0.3) is 0 Å². The molecule has 2 aromatic carbocycles. The summed E-state index contributed by atoms with van der Waals surface area (Å²) in [5.41, 5.74) is 1.16. The third-order valence-electron chi connectivity index (χ3n) is 6.71. The van der Waals surface area contributed by atoms with Crippen LogP contribution >= 0.6 is 0 Å². The second-order valence-corrected chi connectivity index (χ2v) is 9.81. The van der Waals surface area contributed by atoms with E-state index in [-0.39, 0.29) is 37.8 Å². The predicted octanol–water partition coefficient (Wildman–Crippen LogP) is 4.83. The lowest BCUT2D eigenvalue weighted by atomic mass is 10.0. The van der Waals surface area contributed by atoms with Gasteiger partial charge in [0, 0.05) is 38.0 Å². The highest BCUT2D eigenvalue weighted by molar-refractivity contribution is 5.96. The quantitative estimate of drug-likeness (QED) is 0.218. The number of ketones is 1. The van der Waals surface area contributed by atoms with Crippen LogP contribution in [0, 0.1) is 0 Å². The molecular formula is C30H40F2N2O5. The van der Waals surface area contributed by atoms with Gasteiger partial charge in [-0.15, -0.1) is 0 Å². The summed E-state index contributed by atoms with van der Waals surface area (Å²) in [7, 11) is 0. The van der Waals surface area contributed by atoms with Crippen LogP contribution in [0.15, 0.2) is 48.5 Å². The third-order valence-corrected chi connectivity index (χ3v) is 6.71. The Labute approximate surface area is 229 Å². The number of benzene rings is 2. The summed E-state index contributed by atoms with van der Waals surface area (Å²) in [5, 5.41) is 14.0. The topological polar surface area (TPSA) is 88.1 Å². The van der Waals surface area contributed by atoms with Crippen molar-refractivity contribution < 1.29 is 33.0 Å². The number of carbonyl (C=O) groups excluding carboxylic acids is 2. The fourth-order valence-electron chi connectivity index (χ4n) is 4.57. The first kappa shape index (κ1) is 30.5. The second kappa shape index (κ2) is 16.2. The Morgan fingerprint density at radius 1 is 1.03 bits per heavy atom. The number of nitrogens with zero attached hydrogens (tertiary/aromatic N) is 1. The normalized spacial score (nSPS) is 17.0. The van der Waals surface area contributed by atoms with E-state index in [2.05, 4.69) is 5.32 Å². The molecule has 3 atom stereocenters. The molecule has 0 spiro atoms. The van der Waals surface area contributed by atoms with Crippen LogP contribution in [0.4, 0.5) is 8.78 Å². The number of amides is 1. The smallest absolute Gasteiger partial charge is 0.220 e. The number of alkyl halides is 2. The van der Waals surface area contributed by atoms with Gasteiger partial charge in [0.2, 0.25) is 5.91 Å². The SMILES string of the molecule is CCOc1ccc(C(=O)CCCC(=O)NC(CN2CCC(F)C2)C(O)c2ccc(OCCCCF)cc2)cc1. The number of unbranched alkanes of at least 4 members (excludes halogenated alkanes) is 1. The number of halogens is 2. The molecule has 1 aliphatic heterocycles. The number of ether oxygens (including phenoxy) is 2. The number of carbonyl (C=O) groups is 2. The highest BCUT2D eigenvalue weighted by atomic mass is 19.1. The maximum Gasteiger partial charge on any atom is 0.220 e. The van der Waals surface area contributed by atoms with Gasteiger partial charge in [0.15, 0.2) is 5.78 Å². The Morgan fingerprint density at radius 3 is 2.36 bits per heavy atom. The van der Waals surface area contributed by atoms with Gasteiger partial charge in [-0.3, -0.25) is 18.9 Å². The Morgan fingerprint density at radius 2 is 1.72 bits per heavy atom. The number of nitrogens with one attached hydrogen (secondary N) is 1. The van der Waals surface area contributed by atoms with E-state index in [4.69, 9.17) is 9.47 Å². The van der Waals surface area contributed by atoms with Gasteiger partial charge in [-0.05, 0) is 74.6 Å². The Kier molecular flexibility index (Phi) is 12.6. The summed E-state index contributed by atoms with van der Waals surface area (Å²) in [6, 6.07) is 13.2. The zero-order valence-electron chi connectivity index (χ0n) is 22.6. The first-order valence-electron chi connectivity index (χ1n) is 13.8. The summed E-state index contributed by atoms with van der Waals surface area (Å²) in [5.74, 6) is 0.983. The second-order valence-electron chi connectivity index (χ2n) is 9.81. The van der Waals surface area contributed by atoms with Crippen LogP contribution in [0.5, 0.6) is 11.5 Å². The van der Waals surface area contributed by atoms with Gasteiger partial charge < -0.3 is 19.9 Å². The van der Waals surface area contributed by atoms with Crippen molar-refractivity contribution in [1.29, 1.82) is 0 Å². The molecule has 39 heavy (non-hydrogen) atoms. The lowest BCUT2D eigenvalue weighted by Gasteiger charge is -2.29. The van der Waals surface area contributed by atoms with E-state index >= 15 is 0 Å². The fourth-order valence-corrected chi connectivity index (χ4v) is 4.57. The standard InChI is InChI=1S/C30H40F2N2O5/c1-2-38-25-12-8-22(9-13-25)28(35)6-5-7-29(36)33-27(21-34-18-16-24(32)20-34)30(37)23-10-14-26(15-11-23)39-19-4-3-17-31/h8-15,24,27,30,37H,2-7,16-21H2,1H3,(H,33,36). The number of aliphatic hydroxyl groups excluding tert-OH is 1. The Bertz CT molecular complexity index is 1020. The minimum Gasteiger partial charge on any atom is -0.494 e. The Hall–Kier alpha value is -3.04. The van der Waals surface area contributed by atoms with Gasteiger partial charge in [-0.1, -0.05) is 12.1 Å². The van der Waals surface area contributed by atoms with Crippen LogP contribution in [0.25, 0.3) is 0 Å². The molecule has 0 radical (unpaired) electrons. The highest BCUT2D eigenvalue weighted by Crippen LogP contribution is 2.23. The molecule has 0 aliphatic carbocycles. The molecule has 1 aliphatic rings. The van der Waals surface area contributed by atoms with Crippen molar-refractivity contribution in [2.45, 2.75) is 63.8 Å². The van der Waals surface area contributed by atoms with Crippen molar-refractivity contribution in [3.05, 3.63) is 59.7 Å². The van der Waals surface area contributed by atoms with E-state index in [1.807, 2.05) is 11.8 Å². The van der Waals surface area contributed by atoms with Crippen molar-refractivity contribution in [3.8, 4) is 11.5 Å². The summed E-state index contributed by atoms with van der Waals surface area (Å²) in [6.45, 7) is 3.60. The molecule has 1 saturated heterocycles. The molecule has 9 heteroatoms. The van der Waals surface area contributed by atoms with Crippen molar-refractivity contribution in [2.75, 3.05) is 39.5 Å². The van der Waals surface area contributed by atoms with Gasteiger partial charge in [-0.2, -0.15) is 0 Å². The fraction of sp³-hybridized carbons (Fsp3) is 0.533. The molecule has 2 N–H and O–H groups in total. The zero-order chi connectivity index (χ0) is 28.0. The lowest BCUT2D eigenvalue weighted by molar-refractivity contribution is -0.123. The van der Waals surface area contributed by atoms with Crippen LogP contribution in [0.3, 0.4) is 0 Å². The van der Waals surface area contributed by atoms with Crippen molar-refractivity contribution in [3.63, 3.8) is 0 Å². The summed E-state index contributed by atoms with van der Waals surface area (Å²) >= 11 is 0. The van der Waals surface area contributed by atoms with Crippen molar-refractivity contribution in [1.82, 2.24) is 10.2 Å². The highest BCUT2D eigenvalue weighted by Gasteiger charge is 2.29. The van der Waals surface area contributed by atoms with E-state index in [0.717, 1.165) is 0 Å². The van der Waals surface area contributed by atoms with E-state index in [0.29, 0.717) is 74.6 Å². The van der Waals surface area contributed by atoms with Crippen molar-refractivity contribution in [2.24, 2.45) is 0 Å². The monoisotopic (exact) mass is 546 g/mol. The first-order chi connectivity index (χ1) is 18.9. The number of likely N-dealkylation sites (tertiary alicyclic amines) is 1. The largest absolute Gasteiger partial charge is 0.494 e. The number of hydrogen-bond donors (Lipinski definition) is 2. The van der Waals surface area contributed by atoms with Gasteiger partial charge in [0.05, 0.1) is 25.9 Å². The van der Waals surface area contributed by atoms with Crippen LogP contribution in [-0.2, 0) is 4.79 Å². The lowest BCUT2D eigenvalue weighted by Crippen LogP contribution is -2.46. The maximum absolute atomic E-state index is 13.8. The third kappa shape index (κ3) is 10.2. The molecular weight excluding hydrogens is 506 g/mol. The first-order valence-corrected chi connectivity index (χ1v) is 13.8. The average molecular weight is 547 g/mol. The molecule has 2 aromatic rings. The molecule has 1 amide bonds. The molecule has 3 rings (SSSR count). The minimum absolute atomic E-state index is 0.0551. The molecule has 0 bridgehead atoms. The molecule has 0 aromatic heterocycles. The van der Waals surface area contributed by atoms with Crippen molar-refractivity contribution >= 4 is 11.7 Å². The van der Waals surface area contributed by atoms with Crippen LogP contribution in [0.1, 0.15) is 67.5 Å². The number of aliphatic hydroxyl groups is 1. The summed E-state index contributed by atoms with van der Waals surface area (Å²) < 4.78 is 37.0. The van der Waals surface area contributed by atoms with E-state index in [9.17, 15) is 23.5 Å². The minimum atomic E-state index is -1.02. The number of rotatable bonds is 17. The molecule has 214 valence electrons. The summed E-state index contributed by atoms with van der Waals surface area (Å²) in [6.07, 6.45) is 0.278. The van der Waals surface area contributed by atoms with E-state index in [1.165, 1.54) is 0 Å². The molecule has 1 heterocycles. The molecule has 0 saturated carbocycles. The van der Waals surface area contributed by atoms with Gasteiger partial charge in [-0.25, -0.2) is 4.39 Å². The molecule has 3 unspecified atom stereocenters. The van der Waals surface area contributed by atoms with Crippen LogP contribution in [-0.4, -0.2) is 73.4 Å². The number of hydrogen-bond acceptors (Lipinski definition) is 6. The number of Topliss-reactive ketones (excluding diaryl/α,β-unsaturated/α-hetero) is 1. The van der Waals surface area contributed by atoms with Crippen LogP contribution < -0.4 is 14.8 Å². The zero-order valence-corrected chi connectivity index (χ0v) is 22.6. The van der Waals surface area contributed by atoms with E-state index in [1.54, 1.807) is 48.5 Å². The summed E-state index contributed by atoms with van der Waals surface area (Å²) in [4.78, 5) is 27.2.